The third kappa shape index (κ3) is 3.61. The van der Waals surface area contributed by atoms with Gasteiger partial charge < -0.3 is 24.4 Å². The van der Waals surface area contributed by atoms with Crippen LogP contribution in [0.1, 0.15) is 39.0 Å². The highest BCUT2D eigenvalue weighted by atomic mass is 16.5. The molecule has 184 valence electrons. The van der Waals surface area contributed by atoms with Crippen LogP contribution in [0.5, 0.6) is 5.75 Å². The summed E-state index contributed by atoms with van der Waals surface area (Å²) in [4.78, 5) is 41.3. The van der Waals surface area contributed by atoms with E-state index < -0.39 is 5.97 Å². The Morgan fingerprint density at radius 3 is 2.50 bits per heavy atom. The fourth-order valence-corrected chi connectivity index (χ4v) is 5.03. The van der Waals surface area contributed by atoms with Gasteiger partial charge in [-0.3, -0.25) is 9.59 Å². The Labute approximate surface area is 206 Å². The summed E-state index contributed by atoms with van der Waals surface area (Å²) in [7, 11) is 0. The molecule has 36 heavy (non-hydrogen) atoms. The van der Waals surface area contributed by atoms with E-state index in [1.54, 1.807) is 28.0 Å². The van der Waals surface area contributed by atoms with E-state index in [4.69, 9.17) is 9.47 Å². The zero-order chi connectivity index (χ0) is 25.0. The van der Waals surface area contributed by atoms with Crippen molar-refractivity contribution in [3.05, 3.63) is 65.0 Å². The lowest BCUT2D eigenvalue weighted by Gasteiger charge is -2.32. The fraction of sp³-hybridized carbons (Fsp3) is 0.308. The summed E-state index contributed by atoms with van der Waals surface area (Å²) >= 11 is 0. The van der Waals surface area contributed by atoms with E-state index in [0.29, 0.717) is 43.1 Å². The molecular formula is C26H24N4O6. The molecule has 4 heterocycles. The van der Waals surface area contributed by atoms with Gasteiger partial charge in [-0.05, 0) is 61.4 Å². The van der Waals surface area contributed by atoms with E-state index in [1.807, 2.05) is 31.2 Å². The molecule has 3 aromatic rings. The maximum Gasteiger partial charge on any atom is 0.356 e. The van der Waals surface area contributed by atoms with Gasteiger partial charge in [-0.2, -0.15) is 5.10 Å². The number of fused-ring (bicyclic) bond motifs is 2. The lowest BCUT2D eigenvalue weighted by Crippen LogP contribution is -2.45. The molecule has 1 N–H and O–H groups in total. The number of aromatic nitrogens is 2. The quantitative estimate of drug-likeness (QED) is 0.600. The van der Waals surface area contributed by atoms with Crippen molar-refractivity contribution < 1.29 is 29.0 Å². The zero-order valence-corrected chi connectivity index (χ0v) is 19.6. The molecule has 1 saturated heterocycles. The van der Waals surface area contributed by atoms with E-state index in [0.717, 1.165) is 23.4 Å². The molecule has 0 radical (unpaired) electrons. The Kier molecular flexibility index (Phi) is 5.26. The molecule has 0 spiro atoms. The summed E-state index contributed by atoms with van der Waals surface area (Å²) in [5.74, 6) is -0.801. The van der Waals surface area contributed by atoms with Crippen molar-refractivity contribution in [3.63, 3.8) is 0 Å². The van der Waals surface area contributed by atoms with E-state index >= 15 is 0 Å². The number of carboxylic acids is 1. The maximum absolute atomic E-state index is 13.7. The van der Waals surface area contributed by atoms with Gasteiger partial charge in [0.15, 0.2) is 5.69 Å². The predicted octanol–water partition coefficient (Wildman–Crippen LogP) is 2.46. The number of benzene rings is 2. The van der Waals surface area contributed by atoms with Gasteiger partial charge in [0.2, 0.25) is 0 Å². The molecule has 0 unspecified atom stereocenters. The average molecular weight is 489 g/mol. The van der Waals surface area contributed by atoms with Gasteiger partial charge in [-0.1, -0.05) is 0 Å². The Hall–Kier alpha value is -4.18. The number of ether oxygens (including phenoxy) is 2. The van der Waals surface area contributed by atoms with Crippen molar-refractivity contribution in [1.82, 2.24) is 9.78 Å². The molecule has 10 nitrogen and oxygen atoms in total. The van der Waals surface area contributed by atoms with E-state index in [9.17, 15) is 19.5 Å². The van der Waals surface area contributed by atoms with Gasteiger partial charge in [0, 0.05) is 29.9 Å². The normalized spacial score (nSPS) is 19.2. The number of rotatable bonds is 4. The van der Waals surface area contributed by atoms with Gasteiger partial charge in [-0.25, -0.2) is 9.48 Å². The predicted molar refractivity (Wildman–Crippen MR) is 129 cm³/mol. The van der Waals surface area contributed by atoms with E-state index in [2.05, 4.69) is 5.10 Å². The van der Waals surface area contributed by atoms with Crippen molar-refractivity contribution in [3.8, 4) is 11.4 Å². The van der Waals surface area contributed by atoms with Crippen LogP contribution >= 0.6 is 0 Å². The molecule has 3 aliphatic rings. The highest BCUT2D eigenvalue weighted by Crippen LogP contribution is 2.32. The number of carboxylic acid groups (broad SMARTS) is 1. The second kappa shape index (κ2) is 8.49. The number of carbonyl (C=O) groups is 3. The number of nitrogens with zero attached hydrogens (tertiary/aromatic N) is 4. The second-order valence-electron chi connectivity index (χ2n) is 9.13. The zero-order valence-electron chi connectivity index (χ0n) is 19.6. The first-order valence-corrected chi connectivity index (χ1v) is 11.9. The number of hydrogen-bond donors (Lipinski definition) is 1. The number of hydrogen-bond acceptors (Lipinski definition) is 6. The molecule has 3 aliphatic heterocycles. The smallest absolute Gasteiger partial charge is 0.356 e. The van der Waals surface area contributed by atoms with Gasteiger partial charge >= 0.3 is 5.97 Å². The minimum atomic E-state index is -1.16. The summed E-state index contributed by atoms with van der Waals surface area (Å²) < 4.78 is 12.4. The molecule has 6 rings (SSSR count). The van der Waals surface area contributed by atoms with Crippen molar-refractivity contribution in [2.45, 2.75) is 25.9 Å². The summed E-state index contributed by atoms with van der Waals surface area (Å²) in [6.45, 7) is 3.34. The summed E-state index contributed by atoms with van der Waals surface area (Å²) in [6, 6.07) is 12.7. The third-order valence-electron chi connectivity index (χ3n) is 6.84. The molecule has 1 aromatic heterocycles. The van der Waals surface area contributed by atoms with Crippen LogP contribution in [-0.2, 0) is 22.4 Å². The van der Waals surface area contributed by atoms with Gasteiger partial charge in [0.1, 0.15) is 18.1 Å². The molecule has 0 aliphatic carbocycles. The van der Waals surface area contributed by atoms with Gasteiger partial charge in [0.25, 0.3) is 11.8 Å². The summed E-state index contributed by atoms with van der Waals surface area (Å²) in [6.07, 6.45) is 1.05. The number of amides is 2. The third-order valence-corrected chi connectivity index (χ3v) is 6.84. The molecule has 10 heteroatoms. The second-order valence-corrected chi connectivity index (χ2v) is 9.13. The first-order valence-electron chi connectivity index (χ1n) is 11.9. The minimum Gasteiger partial charge on any atom is -0.493 e. The topological polar surface area (TPSA) is 114 Å². The lowest BCUT2D eigenvalue weighted by molar-refractivity contribution is -0.128. The van der Waals surface area contributed by atoms with Crippen molar-refractivity contribution in [2.75, 3.05) is 36.1 Å². The van der Waals surface area contributed by atoms with Crippen LogP contribution in [0.2, 0.25) is 0 Å². The van der Waals surface area contributed by atoms with Crippen LogP contribution in [0.3, 0.4) is 0 Å². The van der Waals surface area contributed by atoms with Crippen molar-refractivity contribution in [1.29, 1.82) is 0 Å². The van der Waals surface area contributed by atoms with Crippen LogP contribution in [-0.4, -0.2) is 65.1 Å². The van der Waals surface area contributed by atoms with Crippen LogP contribution < -0.4 is 14.5 Å². The van der Waals surface area contributed by atoms with Crippen LogP contribution in [0.15, 0.2) is 42.5 Å². The van der Waals surface area contributed by atoms with E-state index in [1.165, 1.54) is 4.68 Å². The van der Waals surface area contributed by atoms with Crippen LogP contribution in [0, 0.1) is 0 Å². The Bertz CT molecular complexity index is 1400. The highest BCUT2D eigenvalue weighted by Gasteiger charge is 2.35. The highest BCUT2D eigenvalue weighted by molar-refractivity contribution is 6.09. The molecular weight excluding hydrogens is 464 g/mol. The Morgan fingerprint density at radius 2 is 1.75 bits per heavy atom. The Morgan fingerprint density at radius 1 is 1.03 bits per heavy atom. The molecule has 2 amide bonds. The molecule has 1 fully saturated rings. The van der Waals surface area contributed by atoms with Crippen LogP contribution in [0.4, 0.5) is 11.4 Å². The molecule has 2 aromatic carbocycles. The minimum absolute atomic E-state index is 0.0427. The summed E-state index contributed by atoms with van der Waals surface area (Å²) in [5, 5.41) is 14.1. The molecule has 0 bridgehead atoms. The SMILES string of the molecule is C[C@@H]1CN(c2ccc(N3CCc4c(C(=O)O)nn(-c5ccc6c(c5)CCO6)c4C3=O)cc2)C(=O)CO1. The first-order chi connectivity index (χ1) is 17.4. The molecule has 0 saturated carbocycles. The average Bonchev–Trinajstić information content (AvgIpc) is 3.51. The lowest BCUT2D eigenvalue weighted by atomic mass is 10.0. The standard InChI is InChI=1S/C26H24N4O6/c1-15-13-29(22(31)14-36-15)18-4-2-17(3-5-18)28-10-8-20-23(26(33)34)27-30(24(20)25(28)32)19-6-7-21-16(12-19)9-11-35-21/h2-7,12,15H,8-11,13-14H2,1H3,(H,33,34)/t15-/m1/s1. The first kappa shape index (κ1) is 22.3. The largest absolute Gasteiger partial charge is 0.493 e. The van der Waals surface area contributed by atoms with Crippen molar-refractivity contribution in [2.24, 2.45) is 0 Å². The van der Waals surface area contributed by atoms with E-state index in [-0.39, 0.29) is 35.9 Å². The fourth-order valence-electron chi connectivity index (χ4n) is 5.03. The number of carbonyl (C=O) groups excluding carboxylic acids is 2. The molecule has 1 atom stereocenters. The number of morpholine rings is 1. The Balaban J connectivity index is 1.35. The summed E-state index contributed by atoms with van der Waals surface area (Å²) in [5.41, 5.74) is 3.59. The van der Waals surface area contributed by atoms with Gasteiger partial charge in [-0.15, -0.1) is 0 Å². The maximum atomic E-state index is 13.7. The van der Waals surface area contributed by atoms with Crippen LogP contribution in [0.25, 0.3) is 5.69 Å². The number of anilines is 2. The van der Waals surface area contributed by atoms with Crippen molar-refractivity contribution >= 4 is 29.2 Å². The van der Waals surface area contributed by atoms with Gasteiger partial charge in [0.05, 0.1) is 24.9 Å². The number of aromatic carboxylic acids is 1. The monoisotopic (exact) mass is 488 g/mol.